The Morgan fingerprint density at radius 3 is 2.50 bits per heavy atom. The van der Waals surface area contributed by atoms with E-state index in [0.29, 0.717) is 45.2 Å². The molecule has 1 atom stereocenters. The van der Waals surface area contributed by atoms with E-state index in [4.69, 9.17) is 23.7 Å². The largest absolute Gasteiger partial charge is 0.493 e. The zero-order valence-corrected chi connectivity index (χ0v) is 24.3. The Bertz CT molecular complexity index is 1330. The molecule has 0 saturated carbocycles. The molecule has 0 radical (unpaired) electrons. The van der Waals surface area contributed by atoms with Crippen molar-refractivity contribution in [3.05, 3.63) is 57.2 Å². The van der Waals surface area contributed by atoms with Crippen LogP contribution in [-0.2, 0) is 14.3 Å². The molecule has 12 nitrogen and oxygen atoms in total. The molecule has 0 aromatic heterocycles. The van der Waals surface area contributed by atoms with E-state index in [-0.39, 0.29) is 24.5 Å². The fourth-order valence-electron chi connectivity index (χ4n) is 3.88. The van der Waals surface area contributed by atoms with Gasteiger partial charge in [-0.2, -0.15) is 5.10 Å². The molecule has 2 aromatic carbocycles. The van der Waals surface area contributed by atoms with Gasteiger partial charge < -0.3 is 34.3 Å². The molecular weight excluding hydrogens is 588 g/mol. The molecule has 3 rings (SSSR count). The first kappa shape index (κ1) is 30.3. The van der Waals surface area contributed by atoms with Crippen LogP contribution in [0.3, 0.4) is 0 Å². The third kappa shape index (κ3) is 7.44. The number of ether oxygens (including phenoxy) is 5. The van der Waals surface area contributed by atoms with Gasteiger partial charge in [-0.15, -0.1) is 0 Å². The van der Waals surface area contributed by atoms with Gasteiger partial charge in [-0.25, -0.2) is 15.0 Å². The first-order valence-electron chi connectivity index (χ1n) is 12.3. The summed E-state index contributed by atoms with van der Waals surface area (Å²) in [6, 6.07) is 7.15. The van der Waals surface area contributed by atoms with Gasteiger partial charge in [0.15, 0.2) is 29.6 Å². The van der Waals surface area contributed by atoms with E-state index in [1.165, 1.54) is 13.3 Å². The lowest BCUT2D eigenvalue weighted by atomic mass is 9.95. The molecule has 1 heterocycles. The standard InChI is InChI=1S/C27H31BrN4O8/c1-6-38-21-11-16(10-18(28)25(21)37-5)13-29-32-22(33)14-40-19-9-8-17(12-20(19)36-4)24-23(26(34)39-7-2)15(3)30-27(35)31-24/h8-13,24H,6-7,14H2,1-5H3,(H,32,33)(H2,30,31,35)/b29-13-/t24-/m1/s1. The number of allylic oxidation sites excluding steroid dienone is 1. The topological polar surface area (TPSA) is 146 Å². The Hall–Kier alpha value is -4.26. The number of urea groups is 1. The van der Waals surface area contributed by atoms with Gasteiger partial charge in [0.2, 0.25) is 0 Å². The van der Waals surface area contributed by atoms with Crippen molar-refractivity contribution >= 4 is 40.1 Å². The molecule has 13 heteroatoms. The van der Waals surface area contributed by atoms with E-state index in [1.807, 2.05) is 6.92 Å². The SMILES string of the molecule is CCOC(=O)C1=C(C)NC(=O)N[C@@H]1c1ccc(OCC(=O)N/N=C\c2cc(Br)c(OC)c(OCC)c2)c(OC)c1. The summed E-state index contributed by atoms with van der Waals surface area (Å²) >= 11 is 3.43. The molecule has 3 N–H and O–H groups in total. The van der Waals surface area contributed by atoms with Crippen LogP contribution in [0.15, 0.2) is 51.2 Å². The Kier molecular flexibility index (Phi) is 10.8. The minimum Gasteiger partial charge on any atom is -0.493 e. The summed E-state index contributed by atoms with van der Waals surface area (Å²) in [5.74, 6) is 0.620. The number of nitrogens with one attached hydrogen (secondary N) is 3. The molecule has 0 aliphatic carbocycles. The average Bonchev–Trinajstić information content (AvgIpc) is 2.91. The number of methoxy groups -OCH3 is 2. The van der Waals surface area contributed by atoms with Crippen LogP contribution in [0, 0.1) is 0 Å². The second-order valence-electron chi connectivity index (χ2n) is 8.25. The monoisotopic (exact) mass is 618 g/mol. The number of esters is 1. The summed E-state index contributed by atoms with van der Waals surface area (Å²) < 4.78 is 27.8. The molecule has 0 saturated heterocycles. The highest BCUT2D eigenvalue weighted by Crippen LogP contribution is 2.36. The van der Waals surface area contributed by atoms with Crippen molar-refractivity contribution < 1.29 is 38.1 Å². The summed E-state index contributed by atoms with van der Waals surface area (Å²) in [4.78, 5) is 37.0. The number of benzene rings is 2. The average molecular weight is 619 g/mol. The van der Waals surface area contributed by atoms with Crippen molar-refractivity contribution in [1.82, 2.24) is 16.1 Å². The van der Waals surface area contributed by atoms with Crippen molar-refractivity contribution in [3.63, 3.8) is 0 Å². The Morgan fingerprint density at radius 1 is 1.05 bits per heavy atom. The van der Waals surface area contributed by atoms with E-state index < -0.39 is 23.9 Å². The van der Waals surface area contributed by atoms with Crippen LogP contribution in [0.1, 0.15) is 37.9 Å². The van der Waals surface area contributed by atoms with Crippen LogP contribution in [-0.4, -0.2) is 58.2 Å². The summed E-state index contributed by atoms with van der Waals surface area (Å²) in [7, 11) is 2.98. The highest BCUT2D eigenvalue weighted by Gasteiger charge is 2.32. The Morgan fingerprint density at radius 2 is 1.82 bits per heavy atom. The number of carbonyl (C=O) groups is 3. The van der Waals surface area contributed by atoms with Gasteiger partial charge in [-0.05, 0) is 72.1 Å². The van der Waals surface area contributed by atoms with Crippen LogP contribution in [0.5, 0.6) is 23.0 Å². The third-order valence-corrected chi connectivity index (χ3v) is 6.17. The number of halogens is 1. The van der Waals surface area contributed by atoms with Gasteiger partial charge >= 0.3 is 12.0 Å². The number of hydrogen-bond donors (Lipinski definition) is 3. The first-order valence-corrected chi connectivity index (χ1v) is 13.1. The third-order valence-electron chi connectivity index (χ3n) is 5.58. The van der Waals surface area contributed by atoms with Crippen molar-refractivity contribution in [3.8, 4) is 23.0 Å². The fourth-order valence-corrected chi connectivity index (χ4v) is 4.51. The zero-order chi connectivity index (χ0) is 29.2. The van der Waals surface area contributed by atoms with Gasteiger partial charge in [0.1, 0.15) is 0 Å². The predicted molar refractivity (Wildman–Crippen MR) is 150 cm³/mol. The van der Waals surface area contributed by atoms with Crippen LogP contribution >= 0.6 is 15.9 Å². The lowest BCUT2D eigenvalue weighted by Gasteiger charge is -2.28. The smallest absolute Gasteiger partial charge is 0.338 e. The summed E-state index contributed by atoms with van der Waals surface area (Å²) in [6.45, 7) is 5.48. The maximum absolute atomic E-state index is 12.6. The first-order chi connectivity index (χ1) is 19.2. The maximum atomic E-state index is 12.6. The Labute approximate surface area is 240 Å². The fraction of sp³-hybridized carbons (Fsp3) is 0.333. The number of carbonyl (C=O) groups excluding carboxylic acids is 3. The molecular formula is C27H31BrN4O8. The van der Waals surface area contributed by atoms with Crippen molar-refractivity contribution in [2.75, 3.05) is 34.0 Å². The van der Waals surface area contributed by atoms with Gasteiger partial charge in [-0.3, -0.25) is 4.79 Å². The molecule has 3 amide bonds. The lowest BCUT2D eigenvalue weighted by Crippen LogP contribution is -2.45. The quantitative estimate of drug-likeness (QED) is 0.186. The minimum absolute atomic E-state index is 0.185. The predicted octanol–water partition coefficient (Wildman–Crippen LogP) is 3.59. The number of amides is 3. The molecule has 0 spiro atoms. The van der Waals surface area contributed by atoms with Crippen molar-refractivity contribution in [2.45, 2.75) is 26.8 Å². The Balaban J connectivity index is 1.68. The molecule has 2 aromatic rings. The van der Waals surface area contributed by atoms with Crippen LogP contribution in [0.25, 0.3) is 0 Å². The van der Waals surface area contributed by atoms with Crippen LogP contribution in [0.2, 0.25) is 0 Å². The molecule has 1 aliphatic heterocycles. The molecule has 1 aliphatic rings. The second-order valence-corrected chi connectivity index (χ2v) is 9.10. The minimum atomic E-state index is -0.769. The molecule has 0 bridgehead atoms. The molecule has 40 heavy (non-hydrogen) atoms. The maximum Gasteiger partial charge on any atom is 0.338 e. The van der Waals surface area contributed by atoms with Crippen LogP contribution < -0.4 is 35.0 Å². The molecule has 0 unspecified atom stereocenters. The summed E-state index contributed by atoms with van der Waals surface area (Å²) in [5, 5.41) is 9.29. The zero-order valence-electron chi connectivity index (χ0n) is 22.8. The number of hydrazone groups is 1. The van der Waals surface area contributed by atoms with Gasteiger partial charge in [0.25, 0.3) is 5.91 Å². The summed E-state index contributed by atoms with van der Waals surface area (Å²) in [6.07, 6.45) is 1.46. The van der Waals surface area contributed by atoms with Gasteiger partial charge in [-0.1, -0.05) is 6.07 Å². The van der Waals surface area contributed by atoms with E-state index in [2.05, 4.69) is 37.1 Å². The van der Waals surface area contributed by atoms with Gasteiger partial charge in [0.05, 0.1) is 49.7 Å². The highest BCUT2D eigenvalue weighted by molar-refractivity contribution is 9.10. The van der Waals surface area contributed by atoms with Crippen LogP contribution in [0.4, 0.5) is 4.79 Å². The van der Waals surface area contributed by atoms with Crippen molar-refractivity contribution in [2.24, 2.45) is 5.10 Å². The van der Waals surface area contributed by atoms with E-state index in [9.17, 15) is 14.4 Å². The van der Waals surface area contributed by atoms with E-state index in [0.717, 1.165) is 0 Å². The van der Waals surface area contributed by atoms with E-state index >= 15 is 0 Å². The number of nitrogens with zero attached hydrogens (tertiary/aromatic N) is 1. The molecule has 0 fully saturated rings. The van der Waals surface area contributed by atoms with Crippen molar-refractivity contribution in [1.29, 1.82) is 0 Å². The lowest BCUT2D eigenvalue weighted by molar-refractivity contribution is -0.139. The van der Waals surface area contributed by atoms with Gasteiger partial charge in [0, 0.05) is 5.70 Å². The van der Waals surface area contributed by atoms with E-state index in [1.54, 1.807) is 51.3 Å². The second kappa shape index (κ2) is 14.2. The number of rotatable bonds is 12. The number of hydrogen-bond acceptors (Lipinski definition) is 9. The molecule has 214 valence electrons. The summed E-state index contributed by atoms with van der Waals surface area (Å²) in [5.41, 5.74) is 4.30. The normalized spacial score (nSPS) is 14.8. The highest BCUT2D eigenvalue weighted by atomic mass is 79.9.